The van der Waals surface area contributed by atoms with Crippen LogP contribution in [0.2, 0.25) is 0 Å². The lowest BCUT2D eigenvalue weighted by Crippen LogP contribution is -2.61. The second-order valence-electron chi connectivity index (χ2n) is 7.75. The van der Waals surface area contributed by atoms with Crippen LogP contribution in [-0.4, -0.2) is 29.8 Å². The van der Waals surface area contributed by atoms with Gasteiger partial charge in [0.25, 0.3) is 0 Å². The predicted molar refractivity (Wildman–Crippen MR) is 97.0 cm³/mol. The zero-order chi connectivity index (χ0) is 21.7. The number of carbonyl (C=O) groups is 1. The summed E-state index contributed by atoms with van der Waals surface area (Å²) < 4.78 is 83.3. The molecule has 0 saturated heterocycles. The van der Waals surface area contributed by atoms with Crippen molar-refractivity contribution in [3.8, 4) is 0 Å². The highest BCUT2D eigenvalue weighted by molar-refractivity contribution is 5.82. The molecule has 4 rings (SSSR count). The van der Waals surface area contributed by atoms with Crippen molar-refractivity contribution in [1.82, 2.24) is 10.2 Å². The number of allylic oxidation sites excluding steroid dienone is 3. The fourth-order valence-electron chi connectivity index (χ4n) is 4.18. The van der Waals surface area contributed by atoms with Gasteiger partial charge in [0.1, 0.15) is 29.9 Å². The Balaban J connectivity index is 2.01. The maximum absolute atomic E-state index is 15.3. The molecule has 1 aliphatic heterocycles. The topological polar surface area (TPSA) is 32.3 Å². The van der Waals surface area contributed by atoms with Crippen LogP contribution >= 0.6 is 0 Å². The van der Waals surface area contributed by atoms with E-state index in [1.54, 1.807) is 0 Å². The van der Waals surface area contributed by atoms with Crippen LogP contribution in [0.25, 0.3) is 0 Å². The van der Waals surface area contributed by atoms with Gasteiger partial charge in [0.15, 0.2) is 0 Å². The maximum atomic E-state index is 15.3. The summed E-state index contributed by atoms with van der Waals surface area (Å²) in [5.74, 6) is -1.73. The van der Waals surface area contributed by atoms with Crippen LogP contribution in [0.4, 0.5) is 31.1 Å². The van der Waals surface area contributed by atoms with Crippen molar-refractivity contribution in [2.45, 2.75) is 37.1 Å². The smallest absolute Gasteiger partial charge is 0.307 e. The third-order valence-corrected chi connectivity index (χ3v) is 5.56. The number of alkyl halides is 4. The molecule has 0 spiro atoms. The monoisotopic (exact) mass is 428 g/mol. The van der Waals surface area contributed by atoms with E-state index in [2.05, 4.69) is 5.32 Å². The highest BCUT2D eigenvalue weighted by Crippen LogP contribution is 2.53. The minimum atomic E-state index is -4.77. The summed E-state index contributed by atoms with van der Waals surface area (Å²) in [5, 5.41) is 2.27. The molecule has 2 aliphatic carbocycles. The van der Waals surface area contributed by atoms with Crippen molar-refractivity contribution in [3.05, 3.63) is 71.0 Å². The normalized spacial score (nSPS) is 26.9. The van der Waals surface area contributed by atoms with Crippen LogP contribution in [-0.2, 0) is 5.54 Å². The Morgan fingerprint density at radius 1 is 1.13 bits per heavy atom. The fraction of sp³-hybridized carbons (Fsp3) is 0.381. The summed E-state index contributed by atoms with van der Waals surface area (Å²) in [6, 6.07) is 3.52. The molecule has 9 heteroatoms. The minimum absolute atomic E-state index is 0.00696. The Bertz CT molecular complexity index is 945. The molecular weight excluding hydrogens is 410 g/mol. The van der Waals surface area contributed by atoms with Crippen molar-refractivity contribution in [1.29, 1.82) is 0 Å². The summed E-state index contributed by atoms with van der Waals surface area (Å²) in [7, 11) is 0. The van der Waals surface area contributed by atoms with E-state index >= 15 is 4.39 Å². The molecule has 0 bridgehead atoms. The second-order valence-corrected chi connectivity index (χ2v) is 7.75. The molecule has 2 unspecified atom stereocenters. The number of amides is 2. The first-order valence-electron chi connectivity index (χ1n) is 9.46. The Morgan fingerprint density at radius 2 is 1.80 bits per heavy atom. The maximum Gasteiger partial charge on any atom is 0.406 e. The third-order valence-electron chi connectivity index (χ3n) is 5.56. The van der Waals surface area contributed by atoms with E-state index in [4.69, 9.17) is 0 Å². The largest absolute Gasteiger partial charge is 0.406 e. The van der Waals surface area contributed by atoms with Crippen molar-refractivity contribution < 1.29 is 31.1 Å². The van der Waals surface area contributed by atoms with Gasteiger partial charge in [-0.15, -0.1) is 0 Å². The average Bonchev–Trinajstić information content (AvgIpc) is 3.47. The average molecular weight is 428 g/mol. The molecule has 1 fully saturated rings. The number of halogens is 6. The molecular formula is C21H18F6N2O. The molecule has 0 radical (unpaired) electrons. The van der Waals surface area contributed by atoms with E-state index in [9.17, 15) is 26.7 Å². The molecule has 3 aliphatic rings. The first kappa shape index (κ1) is 20.6. The molecule has 1 aromatic rings. The van der Waals surface area contributed by atoms with E-state index in [1.165, 1.54) is 12.1 Å². The lowest BCUT2D eigenvalue weighted by molar-refractivity contribution is -0.150. The standard InChI is InChI=1S/C21H18F6N2O/c22-14-5-3-13(4-6-14)20(10-12-1-2-12)18-16(24)9-15(23)7-8-17(18)28-19(30)29(20)11-21(25,26)27/h3-9,12,15H,1-2,10-11H2,(H,28,30). The highest BCUT2D eigenvalue weighted by atomic mass is 19.4. The molecule has 1 saturated carbocycles. The zero-order valence-electron chi connectivity index (χ0n) is 15.6. The van der Waals surface area contributed by atoms with Crippen molar-refractivity contribution in [2.75, 3.05) is 6.54 Å². The van der Waals surface area contributed by atoms with Crippen LogP contribution in [0, 0.1) is 11.7 Å². The van der Waals surface area contributed by atoms with Crippen molar-refractivity contribution >= 4 is 6.03 Å². The number of nitrogens with one attached hydrogen (secondary N) is 1. The van der Waals surface area contributed by atoms with Crippen LogP contribution in [0.3, 0.4) is 0 Å². The predicted octanol–water partition coefficient (Wildman–Crippen LogP) is 5.42. The number of benzene rings is 1. The number of urea groups is 1. The van der Waals surface area contributed by atoms with Crippen LogP contribution < -0.4 is 5.32 Å². The van der Waals surface area contributed by atoms with Gasteiger partial charge < -0.3 is 10.2 Å². The Labute approximate surface area is 168 Å². The van der Waals surface area contributed by atoms with Gasteiger partial charge in [0, 0.05) is 5.57 Å². The van der Waals surface area contributed by atoms with E-state index in [1.807, 2.05) is 0 Å². The number of hydrogen-bond acceptors (Lipinski definition) is 1. The third kappa shape index (κ3) is 3.73. The minimum Gasteiger partial charge on any atom is -0.307 e. The SMILES string of the molecule is O=C1NC2=C(C(F)=CC(F)C=C2)C(CC2CC2)(c2ccc(F)cc2)N1CC(F)(F)F. The molecule has 0 aromatic heterocycles. The second kappa shape index (κ2) is 7.21. The first-order chi connectivity index (χ1) is 14.1. The van der Waals surface area contributed by atoms with Gasteiger partial charge in [-0.3, -0.25) is 0 Å². The Morgan fingerprint density at radius 3 is 2.40 bits per heavy atom. The van der Waals surface area contributed by atoms with E-state index in [0.29, 0.717) is 23.8 Å². The van der Waals surface area contributed by atoms with Gasteiger partial charge in [0.05, 0.1) is 5.70 Å². The van der Waals surface area contributed by atoms with Crippen LogP contribution in [0.5, 0.6) is 0 Å². The Hall–Kier alpha value is -2.71. The molecule has 160 valence electrons. The van der Waals surface area contributed by atoms with Gasteiger partial charge in [-0.25, -0.2) is 18.0 Å². The van der Waals surface area contributed by atoms with Gasteiger partial charge in [-0.2, -0.15) is 13.2 Å². The number of carbonyl (C=O) groups excluding carboxylic acids is 1. The zero-order valence-corrected chi connectivity index (χ0v) is 15.6. The molecule has 1 heterocycles. The lowest BCUT2D eigenvalue weighted by Gasteiger charge is -2.49. The van der Waals surface area contributed by atoms with E-state index < -0.39 is 42.1 Å². The van der Waals surface area contributed by atoms with Crippen molar-refractivity contribution in [2.24, 2.45) is 5.92 Å². The summed E-state index contributed by atoms with van der Waals surface area (Å²) >= 11 is 0. The van der Waals surface area contributed by atoms with E-state index in [-0.39, 0.29) is 29.2 Å². The van der Waals surface area contributed by atoms with E-state index in [0.717, 1.165) is 24.3 Å². The van der Waals surface area contributed by atoms with Crippen molar-refractivity contribution in [3.63, 3.8) is 0 Å². The molecule has 30 heavy (non-hydrogen) atoms. The summed E-state index contributed by atoms with van der Waals surface area (Å²) in [6.07, 6.45) is -2.32. The number of nitrogens with zero attached hydrogens (tertiary/aromatic N) is 1. The van der Waals surface area contributed by atoms with Crippen LogP contribution in [0.1, 0.15) is 24.8 Å². The highest BCUT2D eigenvalue weighted by Gasteiger charge is 2.55. The summed E-state index contributed by atoms with van der Waals surface area (Å²) in [4.78, 5) is 13.4. The quantitative estimate of drug-likeness (QED) is 0.638. The summed E-state index contributed by atoms with van der Waals surface area (Å²) in [5.41, 5.74) is -2.08. The summed E-state index contributed by atoms with van der Waals surface area (Å²) in [6.45, 7) is -1.64. The fourth-order valence-corrected chi connectivity index (χ4v) is 4.18. The first-order valence-corrected chi connectivity index (χ1v) is 9.46. The van der Waals surface area contributed by atoms with Gasteiger partial charge in [0.2, 0.25) is 0 Å². The molecule has 2 atom stereocenters. The number of rotatable bonds is 4. The molecule has 2 amide bonds. The van der Waals surface area contributed by atoms with Gasteiger partial charge in [-0.05, 0) is 48.3 Å². The van der Waals surface area contributed by atoms with Gasteiger partial charge >= 0.3 is 12.2 Å². The van der Waals surface area contributed by atoms with Crippen LogP contribution in [0.15, 0.2) is 59.6 Å². The molecule has 1 aromatic carbocycles. The van der Waals surface area contributed by atoms with Gasteiger partial charge in [-0.1, -0.05) is 25.0 Å². The number of hydrogen-bond donors (Lipinski definition) is 1. The Kier molecular flexibility index (Phi) is 4.94. The molecule has 1 N–H and O–H groups in total. The lowest BCUT2D eigenvalue weighted by atomic mass is 9.74. The molecule has 3 nitrogen and oxygen atoms in total.